The average Bonchev–Trinajstić information content (AvgIpc) is 2.98. The van der Waals surface area contributed by atoms with Gasteiger partial charge in [0.2, 0.25) is 0 Å². The first-order chi connectivity index (χ1) is 8.72. The highest BCUT2D eigenvalue weighted by Crippen LogP contribution is 2.31. The second-order valence-corrected chi connectivity index (χ2v) is 5.32. The molecule has 18 heavy (non-hydrogen) atoms. The van der Waals surface area contributed by atoms with Gasteiger partial charge in [-0.05, 0) is 12.8 Å². The smallest absolute Gasteiger partial charge is 0.328 e. The molecule has 3 aliphatic rings. The van der Waals surface area contributed by atoms with E-state index in [1.54, 1.807) is 4.90 Å². The lowest BCUT2D eigenvalue weighted by molar-refractivity contribution is -0.660. The molecule has 5 nitrogen and oxygen atoms in total. The molecule has 0 aromatic rings. The number of fused-ring (bicyclic) bond motifs is 2. The van der Waals surface area contributed by atoms with E-state index in [0.29, 0.717) is 12.3 Å². The van der Waals surface area contributed by atoms with Crippen LogP contribution in [0, 0.1) is 5.92 Å². The van der Waals surface area contributed by atoms with Crippen molar-refractivity contribution in [2.75, 3.05) is 13.7 Å². The summed E-state index contributed by atoms with van der Waals surface area (Å²) in [6, 6.07) is -0.331. The lowest BCUT2D eigenvalue weighted by Crippen LogP contribution is -2.90. The number of hydrogen-bond donors (Lipinski definition) is 1. The molecule has 3 aliphatic heterocycles. The minimum atomic E-state index is -0.384. The Hall–Kier alpha value is -1.36. The van der Waals surface area contributed by atoms with Gasteiger partial charge in [0.25, 0.3) is 5.91 Å². The molecule has 98 valence electrons. The van der Waals surface area contributed by atoms with Crippen molar-refractivity contribution in [3.8, 4) is 0 Å². The molecule has 4 atom stereocenters. The molecule has 2 saturated heterocycles. The Morgan fingerprint density at radius 1 is 1.39 bits per heavy atom. The second-order valence-electron chi connectivity index (χ2n) is 5.32. The summed E-state index contributed by atoms with van der Waals surface area (Å²) in [5, 5.41) is 2.10. The first kappa shape index (κ1) is 11.7. The van der Waals surface area contributed by atoms with Crippen LogP contribution in [0.25, 0.3) is 0 Å². The van der Waals surface area contributed by atoms with Gasteiger partial charge >= 0.3 is 5.97 Å². The highest BCUT2D eigenvalue weighted by atomic mass is 16.5. The lowest BCUT2D eigenvalue weighted by Gasteiger charge is -2.27. The largest absolute Gasteiger partial charge is 0.467 e. The summed E-state index contributed by atoms with van der Waals surface area (Å²) >= 11 is 0. The molecule has 1 amide bonds. The van der Waals surface area contributed by atoms with Crippen LogP contribution in [0.3, 0.4) is 0 Å². The summed E-state index contributed by atoms with van der Waals surface area (Å²) in [4.78, 5) is 26.1. The fourth-order valence-corrected chi connectivity index (χ4v) is 3.48. The third-order valence-electron chi connectivity index (χ3n) is 4.40. The van der Waals surface area contributed by atoms with Crippen LogP contribution in [0.5, 0.6) is 0 Å². The topological polar surface area (TPSA) is 63.2 Å². The number of carbonyl (C=O) groups excluding carboxylic acids is 2. The van der Waals surface area contributed by atoms with E-state index in [2.05, 4.69) is 17.5 Å². The van der Waals surface area contributed by atoms with Gasteiger partial charge in [0, 0.05) is 12.3 Å². The molecule has 0 aromatic carbocycles. The van der Waals surface area contributed by atoms with Gasteiger partial charge in [-0.1, -0.05) is 12.2 Å². The summed E-state index contributed by atoms with van der Waals surface area (Å²) < 4.78 is 4.82. The Bertz CT molecular complexity index is 407. The molecule has 0 spiro atoms. The number of quaternary nitrogens is 1. The number of carbonyl (C=O) groups is 2. The van der Waals surface area contributed by atoms with E-state index in [9.17, 15) is 9.59 Å². The number of amides is 1. The molecule has 0 bridgehead atoms. The Morgan fingerprint density at radius 3 is 3.00 bits per heavy atom. The maximum Gasteiger partial charge on any atom is 0.328 e. The van der Waals surface area contributed by atoms with Crippen molar-refractivity contribution in [1.82, 2.24) is 4.90 Å². The van der Waals surface area contributed by atoms with E-state index in [4.69, 9.17) is 4.74 Å². The number of rotatable bonds is 1. The van der Waals surface area contributed by atoms with Crippen LogP contribution in [0.4, 0.5) is 0 Å². The zero-order chi connectivity index (χ0) is 12.7. The van der Waals surface area contributed by atoms with E-state index >= 15 is 0 Å². The van der Waals surface area contributed by atoms with Gasteiger partial charge in [0.05, 0.1) is 19.7 Å². The van der Waals surface area contributed by atoms with Crippen LogP contribution >= 0.6 is 0 Å². The predicted octanol–water partition coefficient (Wildman–Crippen LogP) is -0.959. The maximum atomic E-state index is 12.6. The predicted molar refractivity (Wildman–Crippen MR) is 63.5 cm³/mol. The van der Waals surface area contributed by atoms with Gasteiger partial charge in [0.15, 0.2) is 6.04 Å². The van der Waals surface area contributed by atoms with Crippen molar-refractivity contribution in [2.24, 2.45) is 5.92 Å². The SMILES string of the molecule is COC(=O)[C@@H]1CC[C@@H]2C=C[C@H]3CC[NH2+][C@@H]3C(=O)N21. The number of nitrogens with zero attached hydrogens (tertiary/aromatic N) is 1. The molecule has 2 N–H and O–H groups in total. The zero-order valence-electron chi connectivity index (χ0n) is 10.5. The van der Waals surface area contributed by atoms with Crippen LogP contribution in [-0.2, 0) is 14.3 Å². The molecular weight excluding hydrogens is 232 g/mol. The molecule has 0 unspecified atom stereocenters. The second kappa shape index (κ2) is 4.39. The first-order valence-electron chi connectivity index (χ1n) is 6.64. The number of hydrogen-bond acceptors (Lipinski definition) is 3. The molecule has 3 rings (SSSR count). The van der Waals surface area contributed by atoms with Crippen LogP contribution in [0.1, 0.15) is 19.3 Å². The van der Waals surface area contributed by atoms with E-state index in [1.807, 2.05) is 0 Å². The van der Waals surface area contributed by atoms with Gasteiger partial charge in [0.1, 0.15) is 6.04 Å². The van der Waals surface area contributed by atoms with Crippen molar-refractivity contribution in [3.05, 3.63) is 12.2 Å². The van der Waals surface area contributed by atoms with Crippen molar-refractivity contribution < 1.29 is 19.6 Å². The number of esters is 1. The Labute approximate surface area is 106 Å². The Balaban J connectivity index is 1.89. The molecule has 0 aromatic heterocycles. The molecular formula is C13H19N2O3+. The highest BCUT2D eigenvalue weighted by Gasteiger charge is 2.48. The van der Waals surface area contributed by atoms with E-state index in [1.165, 1.54) is 7.11 Å². The van der Waals surface area contributed by atoms with E-state index < -0.39 is 0 Å². The van der Waals surface area contributed by atoms with Gasteiger partial charge in [-0.3, -0.25) is 4.79 Å². The molecule has 5 heteroatoms. The summed E-state index contributed by atoms with van der Waals surface area (Å²) in [5.74, 6) is 0.164. The summed E-state index contributed by atoms with van der Waals surface area (Å²) in [5.41, 5.74) is 0. The quantitative estimate of drug-likeness (QED) is 0.482. The average molecular weight is 251 g/mol. The van der Waals surface area contributed by atoms with Gasteiger partial charge in [-0.25, -0.2) is 4.79 Å². The molecule has 0 aliphatic carbocycles. The third-order valence-corrected chi connectivity index (χ3v) is 4.40. The summed E-state index contributed by atoms with van der Waals surface area (Å²) in [6.45, 7) is 0.993. The number of ether oxygens (including phenoxy) is 1. The van der Waals surface area contributed by atoms with Crippen LogP contribution in [0.2, 0.25) is 0 Å². The minimum absolute atomic E-state index is 0.0310. The fourth-order valence-electron chi connectivity index (χ4n) is 3.48. The molecule has 0 radical (unpaired) electrons. The maximum absolute atomic E-state index is 12.6. The number of methoxy groups -OCH3 is 1. The van der Waals surface area contributed by atoms with Gasteiger partial charge in [-0.2, -0.15) is 0 Å². The van der Waals surface area contributed by atoms with Crippen LogP contribution < -0.4 is 5.32 Å². The van der Waals surface area contributed by atoms with Gasteiger partial charge in [-0.15, -0.1) is 0 Å². The highest BCUT2D eigenvalue weighted by molar-refractivity contribution is 5.88. The Kier molecular flexibility index (Phi) is 2.86. The fraction of sp³-hybridized carbons (Fsp3) is 0.692. The Morgan fingerprint density at radius 2 is 2.22 bits per heavy atom. The van der Waals surface area contributed by atoms with Crippen molar-refractivity contribution in [2.45, 2.75) is 37.4 Å². The van der Waals surface area contributed by atoms with Gasteiger partial charge < -0.3 is 15.0 Å². The van der Waals surface area contributed by atoms with E-state index in [0.717, 1.165) is 19.4 Å². The lowest BCUT2D eigenvalue weighted by atomic mass is 9.99. The van der Waals surface area contributed by atoms with Crippen molar-refractivity contribution in [1.29, 1.82) is 0 Å². The minimum Gasteiger partial charge on any atom is -0.467 e. The normalized spacial score (nSPS) is 38.3. The van der Waals surface area contributed by atoms with Crippen LogP contribution in [0.15, 0.2) is 12.2 Å². The molecule has 0 saturated carbocycles. The summed E-state index contributed by atoms with van der Waals surface area (Å²) in [6.07, 6.45) is 6.92. The van der Waals surface area contributed by atoms with E-state index in [-0.39, 0.29) is 30.0 Å². The zero-order valence-corrected chi connectivity index (χ0v) is 10.5. The van der Waals surface area contributed by atoms with Crippen LogP contribution in [-0.4, -0.2) is 48.6 Å². The molecule has 2 fully saturated rings. The summed E-state index contributed by atoms with van der Waals surface area (Å²) in [7, 11) is 1.39. The van der Waals surface area contributed by atoms with Crippen molar-refractivity contribution in [3.63, 3.8) is 0 Å². The molecule has 3 heterocycles. The number of nitrogens with two attached hydrogens (primary N) is 1. The first-order valence-corrected chi connectivity index (χ1v) is 6.64. The monoisotopic (exact) mass is 251 g/mol. The third kappa shape index (κ3) is 1.65. The van der Waals surface area contributed by atoms with Crippen molar-refractivity contribution >= 4 is 11.9 Å². The standard InChI is InChI=1S/C13H18N2O3/c1-18-13(17)10-5-4-9-3-2-8-6-7-14-11(8)12(16)15(9)10/h2-3,8-11,14H,4-7H2,1H3/p+1/t8-,9-,10-,11-/m0/s1.